The second-order valence-corrected chi connectivity index (χ2v) is 30.2. The van der Waals surface area contributed by atoms with Crippen LogP contribution in [0, 0.1) is 23.7 Å². The van der Waals surface area contributed by atoms with Crippen molar-refractivity contribution in [1.29, 1.82) is 0 Å². The minimum Gasteiger partial charge on any atom is -0.462 e. The standard InChI is InChI=1S/C71H138O17P2/c1-9-64(8)50-42-34-29-30-36-44-52-69(74)82-58-67(88-71(76)54-46-38-28-22-16-14-19-25-33-41-49-63(6)7)60-86-90(79,80)84-56-65(72)55-83-89(77,78)85-59-66(87-70(75)53-45-37-27-21-15-13-18-24-32-40-48-62(4)5)57-81-68(73)51-43-35-26-20-12-10-11-17-23-31-39-47-61(2)3/h61-67,72H,9-60H2,1-8H3,(H,77,78)(H,79,80)/t64?,65-,66-,67-/m1/s1. The first-order chi connectivity index (χ1) is 43.1. The molecule has 17 nitrogen and oxygen atoms in total. The van der Waals surface area contributed by atoms with Crippen LogP contribution in [0.1, 0.15) is 351 Å². The molecule has 0 aromatic heterocycles. The van der Waals surface area contributed by atoms with Crippen molar-refractivity contribution in [1.82, 2.24) is 0 Å². The van der Waals surface area contributed by atoms with Gasteiger partial charge in [0.2, 0.25) is 0 Å². The van der Waals surface area contributed by atoms with E-state index < -0.39 is 97.5 Å². The van der Waals surface area contributed by atoms with Gasteiger partial charge in [-0.05, 0) is 49.4 Å². The molecule has 0 bridgehead atoms. The molecule has 3 unspecified atom stereocenters. The number of aliphatic hydroxyl groups is 1. The maximum atomic E-state index is 13.0. The lowest BCUT2D eigenvalue weighted by molar-refractivity contribution is -0.161. The van der Waals surface area contributed by atoms with Crippen LogP contribution in [0.3, 0.4) is 0 Å². The van der Waals surface area contributed by atoms with E-state index in [1.54, 1.807) is 0 Å². The number of hydrogen-bond donors (Lipinski definition) is 3. The molecule has 0 spiro atoms. The van der Waals surface area contributed by atoms with Crippen molar-refractivity contribution in [2.24, 2.45) is 23.7 Å². The van der Waals surface area contributed by atoms with E-state index in [0.717, 1.165) is 120 Å². The number of esters is 4. The van der Waals surface area contributed by atoms with Crippen LogP contribution in [0.5, 0.6) is 0 Å². The number of carbonyl (C=O) groups excluding carboxylic acids is 4. The molecule has 0 fully saturated rings. The van der Waals surface area contributed by atoms with Crippen LogP contribution in [-0.4, -0.2) is 96.7 Å². The van der Waals surface area contributed by atoms with E-state index in [-0.39, 0.29) is 25.7 Å². The molecule has 3 N–H and O–H groups in total. The molecule has 0 heterocycles. The minimum atomic E-state index is -4.95. The number of phosphoric acid groups is 2. The van der Waals surface area contributed by atoms with Crippen LogP contribution in [-0.2, 0) is 65.4 Å². The molecule has 0 aliphatic carbocycles. The Hall–Kier alpha value is -1.94. The summed E-state index contributed by atoms with van der Waals surface area (Å²) in [5.41, 5.74) is 0. The summed E-state index contributed by atoms with van der Waals surface area (Å²) >= 11 is 0. The van der Waals surface area contributed by atoms with Crippen molar-refractivity contribution in [2.75, 3.05) is 39.6 Å². The Labute approximate surface area is 549 Å². The molecule has 6 atom stereocenters. The van der Waals surface area contributed by atoms with Gasteiger partial charge in [-0.15, -0.1) is 0 Å². The SMILES string of the molecule is CCC(C)CCCCCCCCC(=O)OC[C@H](COP(=O)(O)OC[C@H](O)COP(=O)(O)OC[C@@H](COC(=O)CCCCCCCCCCCCCC(C)C)OC(=O)CCCCCCCCCCCCC(C)C)OC(=O)CCCCCCCCCCCCC(C)C. The summed E-state index contributed by atoms with van der Waals surface area (Å²) in [7, 11) is -9.90. The van der Waals surface area contributed by atoms with Crippen molar-refractivity contribution >= 4 is 39.5 Å². The average molecular weight is 1330 g/mol. The highest BCUT2D eigenvalue weighted by atomic mass is 31.2. The summed E-state index contributed by atoms with van der Waals surface area (Å²) in [5.74, 6) is 0.878. The van der Waals surface area contributed by atoms with Gasteiger partial charge in [-0.2, -0.15) is 0 Å². The first kappa shape index (κ1) is 88.1. The smallest absolute Gasteiger partial charge is 0.462 e. The molecule has 0 saturated heterocycles. The quantitative estimate of drug-likeness (QED) is 0.0222. The van der Waals surface area contributed by atoms with Crippen LogP contribution in [0.25, 0.3) is 0 Å². The fourth-order valence-electron chi connectivity index (χ4n) is 10.6. The summed E-state index contributed by atoms with van der Waals surface area (Å²) in [4.78, 5) is 72.6. The maximum absolute atomic E-state index is 13.0. The summed E-state index contributed by atoms with van der Waals surface area (Å²) in [5, 5.41) is 10.6. The Kier molecular flexibility index (Phi) is 59.4. The van der Waals surface area contributed by atoms with Gasteiger partial charge in [0.25, 0.3) is 0 Å². The zero-order chi connectivity index (χ0) is 66.8. The van der Waals surface area contributed by atoms with E-state index >= 15 is 0 Å². The maximum Gasteiger partial charge on any atom is 0.472 e. The van der Waals surface area contributed by atoms with Gasteiger partial charge in [0, 0.05) is 25.7 Å². The normalized spacial score (nSPS) is 14.6. The number of aliphatic hydroxyl groups excluding tert-OH is 1. The van der Waals surface area contributed by atoms with Crippen molar-refractivity contribution < 1.29 is 80.2 Å². The third kappa shape index (κ3) is 63.5. The Morgan fingerprint density at radius 1 is 0.311 bits per heavy atom. The number of unbranched alkanes of at least 4 members (excludes halogenated alkanes) is 33. The summed E-state index contributed by atoms with van der Waals surface area (Å²) in [6.07, 6.45) is 43.0. The molecule has 0 saturated carbocycles. The lowest BCUT2D eigenvalue weighted by Gasteiger charge is -2.21. The number of carbonyl (C=O) groups is 4. The Bertz CT molecular complexity index is 1780. The van der Waals surface area contributed by atoms with E-state index in [1.165, 1.54) is 148 Å². The first-order valence-electron chi connectivity index (χ1n) is 36.7. The predicted octanol–water partition coefficient (Wildman–Crippen LogP) is 20.1. The van der Waals surface area contributed by atoms with Crippen LogP contribution in [0.15, 0.2) is 0 Å². The monoisotopic (exact) mass is 1320 g/mol. The summed E-state index contributed by atoms with van der Waals surface area (Å²) < 4.78 is 68.3. The third-order valence-corrected chi connectivity index (χ3v) is 18.6. The zero-order valence-corrected chi connectivity index (χ0v) is 60.6. The molecule has 0 aromatic rings. The average Bonchev–Trinajstić information content (AvgIpc) is 3.70. The number of ether oxygens (including phenoxy) is 4. The van der Waals surface area contributed by atoms with E-state index in [1.807, 2.05) is 0 Å². The van der Waals surface area contributed by atoms with Gasteiger partial charge in [0.05, 0.1) is 26.4 Å². The van der Waals surface area contributed by atoms with Gasteiger partial charge in [-0.1, -0.05) is 299 Å². The highest BCUT2D eigenvalue weighted by molar-refractivity contribution is 7.47. The van der Waals surface area contributed by atoms with Crippen LogP contribution >= 0.6 is 15.6 Å². The van der Waals surface area contributed by atoms with Gasteiger partial charge in [-0.25, -0.2) is 9.13 Å². The summed E-state index contributed by atoms with van der Waals surface area (Å²) in [6, 6.07) is 0. The fourth-order valence-corrected chi connectivity index (χ4v) is 12.2. The summed E-state index contributed by atoms with van der Waals surface area (Å²) in [6.45, 7) is 14.1. The van der Waals surface area contributed by atoms with Crippen LogP contribution < -0.4 is 0 Å². The second-order valence-electron chi connectivity index (χ2n) is 27.3. The van der Waals surface area contributed by atoms with E-state index in [2.05, 4.69) is 55.4 Å². The molecule has 0 amide bonds. The lowest BCUT2D eigenvalue weighted by atomic mass is 10.00. The van der Waals surface area contributed by atoms with E-state index in [0.29, 0.717) is 25.7 Å². The Morgan fingerprint density at radius 2 is 0.533 bits per heavy atom. The molecule has 0 aliphatic rings. The number of hydrogen-bond acceptors (Lipinski definition) is 15. The first-order valence-corrected chi connectivity index (χ1v) is 39.7. The second kappa shape index (κ2) is 60.7. The van der Waals surface area contributed by atoms with Crippen LogP contribution in [0.4, 0.5) is 0 Å². The molecule has 0 aliphatic heterocycles. The van der Waals surface area contributed by atoms with Gasteiger partial charge in [0.15, 0.2) is 12.2 Å². The molecular formula is C71H138O17P2. The van der Waals surface area contributed by atoms with Crippen LogP contribution in [0.2, 0.25) is 0 Å². The van der Waals surface area contributed by atoms with Gasteiger partial charge < -0.3 is 33.8 Å². The third-order valence-electron chi connectivity index (χ3n) is 16.7. The molecule has 0 radical (unpaired) electrons. The van der Waals surface area contributed by atoms with Gasteiger partial charge in [0.1, 0.15) is 19.3 Å². The predicted molar refractivity (Wildman–Crippen MR) is 363 cm³/mol. The molecule has 534 valence electrons. The van der Waals surface area contributed by atoms with Crippen molar-refractivity contribution in [3.05, 3.63) is 0 Å². The fraction of sp³-hybridized carbons (Fsp3) is 0.944. The molecule has 0 rings (SSSR count). The van der Waals surface area contributed by atoms with Gasteiger partial charge >= 0.3 is 39.5 Å². The van der Waals surface area contributed by atoms with E-state index in [9.17, 15) is 43.2 Å². The topological polar surface area (TPSA) is 237 Å². The molecular weight excluding hydrogens is 1190 g/mol. The number of rotatable bonds is 68. The Morgan fingerprint density at radius 3 is 0.789 bits per heavy atom. The largest absolute Gasteiger partial charge is 0.472 e. The zero-order valence-electron chi connectivity index (χ0n) is 58.8. The molecule has 90 heavy (non-hydrogen) atoms. The van der Waals surface area contributed by atoms with Gasteiger partial charge in [-0.3, -0.25) is 37.3 Å². The highest BCUT2D eigenvalue weighted by Crippen LogP contribution is 2.45. The highest BCUT2D eigenvalue weighted by Gasteiger charge is 2.30. The van der Waals surface area contributed by atoms with Crippen molar-refractivity contribution in [3.63, 3.8) is 0 Å². The van der Waals surface area contributed by atoms with Crippen molar-refractivity contribution in [3.8, 4) is 0 Å². The molecule has 19 heteroatoms. The lowest BCUT2D eigenvalue weighted by Crippen LogP contribution is -2.30. The van der Waals surface area contributed by atoms with Crippen molar-refractivity contribution in [2.45, 2.75) is 369 Å². The Balaban J connectivity index is 5.27. The number of phosphoric ester groups is 2. The van der Waals surface area contributed by atoms with E-state index in [4.69, 9.17) is 37.0 Å². The minimum absolute atomic E-state index is 0.104. The molecule has 0 aromatic carbocycles.